The summed E-state index contributed by atoms with van der Waals surface area (Å²) >= 11 is 1.63. The first-order chi connectivity index (χ1) is 17.0. The van der Waals surface area contributed by atoms with Gasteiger partial charge >= 0.3 is 6.03 Å². The third-order valence-electron chi connectivity index (χ3n) is 6.02. The molecule has 0 aromatic heterocycles. The van der Waals surface area contributed by atoms with E-state index in [4.69, 9.17) is 11.0 Å². The smallest absolute Gasteiger partial charge is 0.323 e. The molecule has 0 unspecified atom stereocenters. The van der Waals surface area contributed by atoms with Gasteiger partial charge in [0.15, 0.2) is 0 Å². The average molecular weight is 486 g/mol. The number of nitriles is 1. The van der Waals surface area contributed by atoms with E-state index in [-0.39, 0.29) is 18.0 Å². The molecule has 4 rings (SSSR count). The van der Waals surface area contributed by atoms with Crippen molar-refractivity contribution in [2.75, 3.05) is 30.0 Å². The maximum absolute atomic E-state index is 13.5. The molecular formula is C27H27N5O2S. The number of nitrogens with one attached hydrogen (secondary N) is 2. The molecule has 4 N–H and O–H groups in total. The van der Waals surface area contributed by atoms with Crippen molar-refractivity contribution in [2.24, 2.45) is 5.73 Å². The summed E-state index contributed by atoms with van der Waals surface area (Å²) in [5.74, 6) is -0.0919. The lowest BCUT2D eigenvalue weighted by molar-refractivity contribution is 0.0646. The van der Waals surface area contributed by atoms with E-state index in [9.17, 15) is 9.59 Å². The fourth-order valence-corrected chi connectivity index (χ4v) is 4.62. The Hall–Kier alpha value is -3.80. The van der Waals surface area contributed by atoms with Crippen LogP contribution in [-0.4, -0.2) is 36.2 Å². The molecule has 0 bridgehead atoms. The van der Waals surface area contributed by atoms with Gasteiger partial charge in [0, 0.05) is 28.4 Å². The number of amides is 3. The van der Waals surface area contributed by atoms with Crippen molar-refractivity contribution < 1.29 is 9.59 Å². The first kappa shape index (κ1) is 24.3. The Bertz CT molecular complexity index is 1250. The number of fused-ring (bicyclic) bond motifs is 1. The van der Waals surface area contributed by atoms with Crippen molar-refractivity contribution in [1.82, 2.24) is 4.90 Å². The van der Waals surface area contributed by atoms with Crippen molar-refractivity contribution in [3.05, 3.63) is 89.0 Å². The second-order valence-corrected chi connectivity index (χ2v) is 9.15. The average Bonchev–Trinajstić information content (AvgIpc) is 2.89. The standard InChI is InChI=1S/C27H27N5O2S/c1-35-23-11-9-21(10-12-23)30-27(34)31-22-8-7-20-15-25(19-5-3-18(17-29)4-6-19)32(14-2-13-28)26(33)24(20)16-22/h3-12,16,25H,2,13-15,28H2,1H3,(H2,30,31,34)/t25-/m1/s1. The first-order valence-corrected chi connectivity index (χ1v) is 12.6. The van der Waals surface area contributed by atoms with Gasteiger partial charge in [-0.3, -0.25) is 4.79 Å². The minimum atomic E-state index is -0.374. The molecular weight excluding hydrogens is 458 g/mol. The summed E-state index contributed by atoms with van der Waals surface area (Å²) in [5.41, 5.74) is 10.0. The van der Waals surface area contributed by atoms with Gasteiger partial charge in [-0.15, -0.1) is 11.8 Å². The lowest BCUT2D eigenvalue weighted by atomic mass is 9.88. The number of rotatable bonds is 7. The number of nitrogens with zero attached hydrogens (tertiary/aromatic N) is 2. The number of anilines is 2. The molecule has 178 valence electrons. The Kier molecular flexibility index (Phi) is 7.70. The van der Waals surface area contributed by atoms with Crippen molar-refractivity contribution in [1.29, 1.82) is 5.26 Å². The van der Waals surface area contributed by atoms with E-state index >= 15 is 0 Å². The molecule has 7 nitrogen and oxygen atoms in total. The van der Waals surface area contributed by atoms with Gasteiger partial charge in [-0.2, -0.15) is 5.26 Å². The second-order valence-electron chi connectivity index (χ2n) is 8.27. The quantitative estimate of drug-likeness (QED) is 0.407. The number of carbonyl (C=O) groups is 2. The van der Waals surface area contributed by atoms with Crippen molar-refractivity contribution in [3.63, 3.8) is 0 Å². The van der Waals surface area contributed by atoms with Crippen LogP contribution in [0.15, 0.2) is 71.6 Å². The molecule has 1 aliphatic heterocycles. The van der Waals surface area contributed by atoms with Gasteiger partial charge < -0.3 is 21.3 Å². The number of hydrogen-bond donors (Lipinski definition) is 3. The predicted molar refractivity (Wildman–Crippen MR) is 140 cm³/mol. The normalized spacial score (nSPS) is 14.7. The molecule has 35 heavy (non-hydrogen) atoms. The molecule has 0 spiro atoms. The van der Waals surface area contributed by atoms with Crippen molar-refractivity contribution >= 4 is 35.1 Å². The Labute approximate surface area is 209 Å². The van der Waals surface area contributed by atoms with E-state index in [0.29, 0.717) is 48.4 Å². The summed E-state index contributed by atoms with van der Waals surface area (Å²) in [4.78, 5) is 29.0. The molecule has 0 radical (unpaired) electrons. The number of benzene rings is 3. The minimum absolute atomic E-state index is 0.0919. The van der Waals surface area contributed by atoms with E-state index in [2.05, 4.69) is 16.7 Å². The fourth-order valence-electron chi connectivity index (χ4n) is 4.21. The van der Waals surface area contributed by atoms with E-state index in [1.807, 2.05) is 59.7 Å². The zero-order valence-corrected chi connectivity index (χ0v) is 20.3. The highest BCUT2D eigenvalue weighted by Gasteiger charge is 2.33. The van der Waals surface area contributed by atoms with Crippen molar-refractivity contribution in [3.8, 4) is 6.07 Å². The van der Waals surface area contributed by atoms with Crippen LogP contribution in [0, 0.1) is 11.3 Å². The summed E-state index contributed by atoms with van der Waals surface area (Å²) in [6.45, 7) is 1.01. The Morgan fingerprint density at radius 2 is 1.77 bits per heavy atom. The van der Waals surface area contributed by atoms with Gasteiger partial charge in [-0.25, -0.2) is 4.79 Å². The third-order valence-corrected chi connectivity index (χ3v) is 6.77. The molecule has 0 aliphatic carbocycles. The van der Waals surface area contributed by atoms with Crippen molar-refractivity contribution in [2.45, 2.75) is 23.8 Å². The highest BCUT2D eigenvalue weighted by atomic mass is 32.2. The van der Waals surface area contributed by atoms with Crippen LogP contribution >= 0.6 is 11.8 Å². The fraction of sp³-hybridized carbons (Fsp3) is 0.222. The SMILES string of the molecule is CSc1ccc(NC(=O)Nc2ccc3c(c2)C(=O)N(CCCN)[C@@H](c2ccc(C#N)cc2)C3)cc1. The number of thioether (sulfide) groups is 1. The zero-order valence-electron chi connectivity index (χ0n) is 19.5. The van der Waals surface area contributed by atoms with Gasteiger partial charge in [0.2, 0.25) is 0 Å². The number of nitrogens with two attached hydrogens (primary N) is 1. The molecule has 3 aromatic rings. The van der Waals surface area contributed by atoms with Gasteiger partial charge in [-0.1, -0.05) is 18.2 Å². The van der Waals surface area contributed by atoms with E-state index in [0.717, 1.165) is 16.0 Å². The highest BCUT2D eigenvalue weighted by Crippen LogP contribution is 2.34. The molecule has 1 aliphatic rings. The third kappa shape index (κ3) is 5.65. The summed E-state index contributed by atoms with van der Waals surface area (Å²) in [7, 11) is 0. The lowest BCUT2D eigenvalue weighted by Gasteiger charge is -2.37. The molecule has 0 fully saturated rings. The molecule has 3 amide bonds. The van der Waals surface area contributed by atoms with Gasteiger partial charge in [-0.05, 0) is 85.3 Å². The largest absolute Gasteiger partial charge is 0.331 e. The maximum atomic E-state index is 13.5. The van der Waals surface area contributed by atoms with E-state index in [1.165, 1.54) is 0 Å². The Morgan fingerprint density at radius 1 is 1.09 bits per heavy atom. The number of carbonyl (C=O) groups excluding carboxylic acids is 2. The molecule has 0 saturated carbocycles. The van der Waals surface area contributed by atoms with Crippen LogP contribution in [0.4, 0.5) is 16.2 Å². The van der Waals surface area contributed by atoms with Crippen LogP contribution in [0.5, 0.6) is 0 Å². The highest BCUT2D eigenvalue weighted by molar-refractivity contribution is 7.98. The summed E-state index contributed by atoms with van der Waals surface area (Å²) in [6.07, 6.45) is 3.33. The van der Waals surface area contributed by atoms with Gasteiger partial charge in [0.25, 0.3) is 5.91 Å². The van der Waals surface area contributed by atoms with Crippen LogP contribution in [0.1, 0.15) is 39.5 Å². The van der Waals surface area contributed by atoms with Gasteiger partial charge in [0.05, 0.1) is 17.7 Å². The summed E-state index contributed by atoms with van der Waals surface area (Å²) < 4.78 is 0. The Balaban J connectivity index is 1.54. The first-order valence-electron chi connectivity index (χ1n) is 11.4. The summed E-state index contributed by atoms with van der Waals surface area (Å²) in [5, 5.41) is 14.8. The number of urea groups is 1. The Morgan fingerprint density at radius 3 is 2.43 bits per heavy atom. The van der Waals surface area contributed by atoms with Crippen LogP contribution < -0.4 is 16.4 Å². The topological polar surface area (TPSA) is 111 Å². The molecule has 1 heterocycles. The zero-order chi connectivity index (χ0) is 24.8. The maximum Gasteiger partial charge on any atom is 0.323 e. The molecule has 0 saturated heterocycles. The van der Waals surface area contributed by atoms with Crippen LogP contribution in [0.3, 0.4) is 0 Å². The van der Waals surface area contributed by atoms with E-state index in [1.54, 1.807) is 30.0 Å². The number of hydrogen-bond acceptors (Lipinski definition) is 5. The van der Waals surface area contributed by atoms with Crippen LogP contribution in [0.25, 0.3) is 0 Å². The molecule has 3 aromatic carbocycles. The predicted octanol–water partition coefficient (Wildman–Crippen LogP) is 5.01. The molecule has 1 atom stereocenters. The van der Waals surface area contributed by atoms with Crippen LogP contribution in [0.2, 0.25) is 0 Å². The minimum Gasteiger partial charge on any atom is -0.331 e. The second kappa shape index (κ2) is 11.1. The summed E-state index contributed by atoms with van der Waals surface area (Å²) in [6, 6.07) is 22.0. The monoisotopic (exact) mass is 485 g/mol. The van der Waals surface area contributed by atoms with Crippen LogP contribution in [-0.2, 0) is 6.42 Å². The van der Waals surface area contributed by atoms with E-state index < -0.39 is 0 Å². The lowest BCUT2D eigenvalue weighted by Crippen LogP contribution is -2.41. The molecule has 8 heteroatoms. The van der Waals surface area contributed by atoms with Gasteiger partial charge in [0.1, 0.15) is 0 Å².